The third kappa shape index (κ3) is 5.04. The van der Waals surface area contributed by atoms with E-state index in [4.69, 9.17) is 0 Å². The standard InChI is InChI=1S/C27H29N3O/c1-2-17-28-22-14-12-20(13-15-22)16-18-29-26(21-8-4-3-5-9-21)27(31)24-19-30-25-11-7-6-10-23(24)25/h3-15,19,26,28-30H,2,16-18H2,1H3/t26-/m0/s1. The molecule has 0 fully saturated rings. The fourth-order valence-electron chi connectivity index (χ4n) is 3.86. The Morgan fingerprint density at radius 2 is 1.65 bits per heavy atom. The van der Waals surface area contributed by atoms with E-state index in [0.717, 1.165) is 53.6 Å². The van der Waals surface area contributed by atoms with Gasteiger partial charge >= 0.3 is 0 Å². The van der Waals surface area contributed by atoms with E-state index in [-0.39, 0.29) is 11.8 Å². The van der Waals surface area contributed by atoms with E-state index in [1.807, 2.05) is 60.8 Å². The van der Waals surface area contributed by atoms with Gasteiger partial charge in [0.1, 0.15) is 0 Å². The Morgan fingerprint density at radius 3 is 2.42 bits per heavy atom. The molecule has 4 heteroatoms. The number of hydrogen-bond donors (Lipinski definition) is 3. The molecule has 0 aliphatic heterocycles. The van der Waals surface area contributed by atoms with Gasteiger partial charge in [-0.25, -0.2) is 0 Å². The minimum atomic E-state index is -0.383. The van der Waals surface area contributed by atoms with Gasteiger partial charge in [0, 0.05) is 41.4 Å². The fourth-order valence-corrected chi connectivity index (χ4v) is 3.86. The zero-order valence-corrected chi connectivity index (χ0v) is 17.9. The molecule has 3 N–H and O–H groups in total. The number of aromatic nitrogens is 1. The van der Waals surface area contributed by atoms with E-state index in [9.17, 15) is 4.79 Å². The van der Waals surface area contributed by atoms with Crippen molar-refractivity contribution in [3.05, 3.63) is 102 Å². The van der Waals surface area contributed by atoms with Crippen molar-refractivity contribution >= 4 is 22.4 Å². The second-order valence-corrected chi connectivity index (χ2v) is 7.78. The van der Waals surface area contributed by atoms with Crippen LogP contribution in [0.3, 0.4) is 0 Å². The lowest BCUT2D eigenvalue weighted by Gasteiger charge is -2.18. The van der Waals surface area contributed by atoms with Crippen LogP contribution in [0.4, 0.5) is 5.69 Å². The molecule has 1 atom stereocenters. The molecule has 0 saturated carbocycles. The highest BCUT2D eigenvalue weighted by atomic mass is 16.1. The second kappa shape index (κ2) is 10.1. The number of nitrogens with one attached hydrogen (secondary N) is 3. The first kappa shape index (κ1) is 20.9. The number of para-hydroxylation sites is 1. The number of carbonyl (C=O) groups excluding carboxylic acids is 1. The smallest absolute Gasteiger partial charge is 0.186 e. The molecule has 31 heavy (non-hydrogen) atoms. The highest BCUT2D eigenvalue weighted by molar-refractivity contribution is 6.10. The van der Waals surface area contributed by atoms with Gasteiger partial charge in [0.2, 0.25) is 0 Å². The summed E-state index contributed by atoms with van der Waals surface area (Å²) >= 11 is 0. The molecule has 158 valence electrons. The Labute approximate surface area is 183 Å². The van der Waals surface area contributed by atoms with Crippen molar-refractivity contribution in [2.45, 2.75) is 25.8 Å². The molecular formula is C27H29N3O. The van der Waals surface area contributed by atoms with Crippen LogP contribution in [0, 0.1) is 0 Å². The van der Waals surface area contributed by atoms with Gasteiger partial charge in [-0.2, -0.15) is 0 Å². The first-order valence-corrected chi connectivity index (χ1v) is 11.0. The summed E-state index contributed by atoms with van der Waals surface area (Å²) in [4.78, 5) is 16.7. The number of rotatable bonds is 10. The third-order valence-electron chi connectivity index (χ3n) is 5.54. The van der Waals surface area contributed by atoms with E-state index < -0.39 is 0 Å². The monoisotopic (exact) mass is 411 g/mol. The normalized spacial score (nSPS) is 12.0. The van der Waals surface area contributed by atoms with E-state index >= 15 is 0 Å². The van der Waals surface area contributed by atoms with E-state index in [1.165, 1.54) is 5.56 Å². The molecule has 0 aliphatic rings. The number of aromatic amines is 1. The molecule has 4 nitrogen and oxygen atoms in total. The molecule has 0 unspecified atom stereocenters. The van der Waals surface area contributed by atoms with Crippen molar-refractivity contribution in [1.82, 2.24) is 10.3 Å². The molecule has 0 radical (unpaired) electrons. The molecule has 0 spiro atoms. The van der Waals surface area contributed by atoms with Crippen LogP contribution in [0.1, 0.15) is 40.9 Å². The van der Waals surface area contributed by atoms with Gasteiger partial charge in [-0.15, -0.1) is 0 Å². The second-order valence-electron chi connectivity index (χ2n) is 7.78. The number of ketones is 1. The maximum Gasteiger partial charge on any atom is 0.186 e. The summed E-state index contributed by atoms with van der Waals surface area (Å²) in [6.45, 7) is 3.86. The maximum atomic E-state index is 13.5. The fraction of sp³-hybridized carbons (Fsp3) is 0.222. The summed E-state index contributed by atoms with van der Waals surface area (Å²) < 4.78 is 0. The van der Waals surface area contributed by atoms with E-state index in [2.05, 4.69) is 46.8 Å². The van der Waals surface area contributed by atoms with E-state index in [1.54, 1.807) is 0 Å². The molecule has 0 aliphatic carbocycles. The SMILES string of the molecule is CCCNc1ccc(CCN[C@H](C(=O)c2c[nH]c3ccccc23)c2ccccc2)cc1. The van der Waals surface area contributed by atoms with Crippen molar-refractivity contribution in [3.8, 4) is 0 Å². The number of carbonyl (C=O) groups is 1. The zero-order chi connectivity index (χ0) is 21.5. The quantitative estimate of drug-likeness (QED) is 0.291. The summed E-state index contributed by atoms with van der Waals surface area (Å²) in [5, 5.41) is 7.87. The van der Waals surface area contributed by atoms with Crippen molar-refractivity contribution in [2.75, 3.05) is 18.4 Å². The van der Waals surface area contributed by atoms with Crippen LogP contribution in [-0.2, 0) is 6.42 Å². The summed E-state index contributed by atoms with van der Waals surface area (Å²) in [5.74, 6) is 0.0859. The minimum Gasteiger partial charge on any atom is -0.385 e. The molecule has 3 aromatic carbocycles. The summed E-state index contributed by atoms with van der Waals surface area (Å²) in [6, 6.07) is 26.1. The van der Waals surface area contributed by atoms with Crippen LogP contribution in [-0.4, -0.2) is 23.9 Å². The third-order valence-corrected chi connectivity index (χ3v) is 5.54. The van der Waals surface area contributed by atoms with Crippen molar-refractivity contribution in [3.63, 3.8) is 0 Å². The lowest BCUT2D eigenvalue weighted by molar-refractivity contribution is 0.0945. The van der Waals surface area contributed by atoms with Gasteiger partial charge in [0.05, 0.1) is 6.04 Å². The van der Waals surface area contributed by atoms with Gasteiger partial charge in [-0.1, -0.05) is 67.6 Å². The lowest BCUT2D eigenvalue weighted by atomic mass is 9.96. The van der Waals surface area contributed by atoms with Gasteiger partial charge < -0.3 is 15.6 Å². The highest BCUT2D eigenvalue weighted by Gasteiger charge is 2.23. The number of H-pyrrole nitrogens is 1. The first-order chi connectivity index (χ1) is 15.3. The van der Waals surface area contributed by atoms with Crippen LogP contribution < -0.4 is 10.6 Å². The molecule has 1 aromatic heterocycles. The number of anilines is 1. The van der Waals surface area contributed by atoms with Crippen LogP contribution in [0.5, 0.6) is 0 Å². The molecule has 0 bridgehead atoms. The van der Waals surface area contributed by atoms with Crippen molar-refractivity contribution in [2.24, 2.45) is 0 Å². The first-order valence-electron chi connectivity index (χ1n) is 11.0. The molecular weight excluding hydrogens is 382 g/mol. The average molecular weight is 412 g/mol. The number of fused-ring (bicyclic) bond motifs is 1. The number of hydrogen-bond acceptors (Lipinski definition) is 3. The largest absolute Gasteiger partial charge is 0.385 e. The number of Topliss-reactive ketones (excluding diaryl/α,β-unsaturated/α-hetero) is 1. The topological polar surface area (TPSA) is 56.9 Å². The van der Waals surface area contributed by atoms with Gasteiger partial charge in [-0.05, 0) is 42.2 Å². The predicted molar refractivity (Wildman–Crippen MR) is 129 cm³/mol. The molecule has 4 rings (SSSR count). The predicted octanol–water partition coefficient (Wildman–Crippen LogP) is 5.75. The highest BCUT2D eigenvalue weighted by Crippen LogP contribution is 2.24. The van der Waals surface area contributed by atoms with Gasteiger partial charge in [0.15, 0.2) is 5.78 Å². The van der Waals surface area contributed by atoms with Crippen LogP contribution in [0.15, 0.2) is 85.1 Å². The van der Waals surface area contributed by atoms with Crippen LogP contribution >= 0.6 is 0 Å². The minimum absolute atomic E-state index is 0.0859. The lowest BCUT2D eigenvalue weighted by Crippen LogP contribution is -2.30. The van der Waals surface area contributed by atoms with E-state index in [0.29, 0.717) is 0 Å². The van der Waals surface area contributed by atoms with Gasteiger partial charge in [0.25, 0.3) is 0 Å². The summed E-state index contributed by atoms with van der Waals surface area (Å²) in [5.41, 5.74) is 5.09. The van der Waals surface area contributed by atoms with Crippen molar-refractivity contribution in [1.29, 1.82) is 0 Å². The average Bonchev–Trinajstić information content (AvgIpc) is 3.26. The molecule has 1 heterocycles. The van der Waals surface area contributed by atoms with Crippen molar-refractivity contribution < 1.29 is 4.79 Å². The van der Waals surface area contributed by atoms with Gasteiger partial charge in [-0.3, -0.25) is 4.79 Å². The number of benzene rings is 3. The maximum absolute atomic E-state index is 13.5. The van der Waals surface area contributed by atoms with Crippen LogP contribution in [0.25, 0.3) is 10.9 Å². The summed E-state index contributed by atoms with van der Waals surface area (Å²) in [7, 11) is 0. The molecule has 4 aromatic rings. The Bertz CT molecular complexity index is 1120. The Morgan fingerprint density at radius 1 is 0.903 bits per heavy atom. The summed E-state index contributed by atoms with van der Waals surface area (Å²) in [6.07, 6.45) is 3.79. The van der Waals surface area contributed by atoms with Crippen LogP contribution in [0.2, 0.25) is 0 Å². The Kier molecular flexibility index (Phi) is 6.80. The zero-order valence-electron chi connectivity index (χ0n) is 17.9. The molecule has 0 amide bonds. The molecule has 0 saturated heterocycles. The Balaban J connectivity index is 1.48. The Hall–Kier alpha value is -3.37.